The van der Waals surface area contributed by atoms with E-state index in [-0.39, 0.29) is 22.8 Å². The van der Waals surface area contributed by atoms with Gasteiger partial charge >= 0.3 is 0 Å². The summed E-state index contributed by atoms with van der Waals surface area (Å²) < 4.78 is 0. The lowest BCUT2D eigenvalue weighted by Gasteiger charge is -2.25. The number of hydrogen-bond donors (Lipinski definition) is 0. The number of rotatable bonds is 2. The van der Waals surface area contributed by atoms with E-state index >= 15 is 0 Å². The predicted octanol–water partition coefficient (Wildman–Crippen LogP) is 3.76. The number of likely N-dealkylation sites (tertiary alicyclic amines) is 1. The van der Waals surface area contributed by atoms with Crippen LogP contribution in [0.25, 0.3) is 0 Å². The van der Waals surface area contributed by atoms with E-state index < -0.39 is 0 Å². The molecule has 0 saturated carbocycles. The van der Waals surface area contributed by atoms with Crippen molar-refractivity contribution in [1.29, 1.82) is 0 Å². The predicted molar refractivity (Wildman–Crippen MR) is 81.5 cm³/mol. The normalized spacial score (nSPS) is 18.0. The molecule has 3 heterocycles. The fourth-order valence-electron chi connectivity index (χ4n) is 2.65. The van der Waals surface area contributed by atoms with Crippen molar-refractivity contribution in [3.63, 3.8) is 0 Å². The summed E-state index contributed by atoms with van der Waals surface area (Å²) in [7, 11) is 0. The van der Waals surface area contributed by atoms with Crippen molar-refractivity contribution >= 4 is 29.1 Å². The van der Waals surface area contributed by atoms with Gasteiger partial charge in [0.15, 0.2) is 0 Å². The number of nitrogens with zero attached hydrogens (tertiary/aromatic N) is 3. The molecule has 3 rings (SSSR count). The highest BCUT2D eigenvalue weighted by atomic mass is 35.5. The van der Waals surface area contributed by atoms with Gasteiger partial charge in [-0.05, 0) is 42.7 Å². The molecule has 0 aromatic carbocycles. The molecular weight excluding hydrogens is 309 g/mol. The van der Waals surface area contributed by atoms with Gasteiger partial charge in [-0.3, -0.25) is 9.78 Å². The van der Waals surface area contributed by atoms with E-state index in [9.17, 15) is 4.79 Å². The fourth-order valence-corrected chi connectivity index (χ4v) is 2.98. The highest BCUT2D eigenvalue weighted by Gasteiger charge is 2.32. The van der Waals surface area contributed by atoms with Crippen LogP contribution in [0.2, 0.25) is 10.2 Å². The number of pyridine rings is 2. The largest absolute Gasteiger partial charge is 0.330 e. The van der Waals surface area contributed by atoms with Gasteiger partial charge < -0.3 is 4.90 Å². The average molecular weight is 322 g/mol. The van der Waals surface area contributed by atoms with Gasteiger partial charge in [-0.2, -0.15) is 0 Å². The molecule has 0 spiro atoms. The molecule has 21 heavy (non-hydrogen) atoms. The minimum atomic E-state index is -0.179. The molecule has 1 atom stereocenters. The molecule has 0 bridgehead atoms. The molecule has 1 aliphatic rings. The van der Waals surface area contributed by atoms with Crippen LogP contribution in [0.3, 0.4) is 0 Å². The molecule has 2 aromatic heterocycles. The van der Waals surface area contributed by atoms with Crippen LogP contribution in [-0.4, -0.2) is 27.3 Å². The molecule has 0 unspecified atom stereocenters. The van der Waals surface area contributed by atoms with Gasteiger partial charge in [-0.15, -0.1) is 0 Å². The summed E-state index contributed by atoms with van der Waals surface area (Å²) in [6.07, 6.45) is 5.35. The van der Waals surface area contributed by atoms with Crippen molar-refractivity contribution in [1.82, 2.24) is 14.9 Å². The van der Waals surface area contributed by atoms with E-state index in [4.69, 9.17) is 23.2 Å². The minimum absolute atomic E-state index is 0.0392. The second-order valence-electron chi connectivity index (χ2n) is 4.90. The van der Waals surface area contributed by atoms with Gasteiger partial charge in [0.25, 0.3) is 5.91 Å². The maximum absolute atomic E-state index is 12.7. The van der Waals surface area contributed by atoms with Crippen molar-refractivity contribution < 1.29 is 4.79 Å². The van der Waals surface area contributed by atoms with Gasteiger partial charge in [0.05, 0.1) is 11.1 Å². The third kappa shape index (κ3) is 2.87. The lowest BCUT2D eigenvalue weighted by Crippen LogP contribution is -2.31. The van der Waals surface area contributed by atoms with Crippen molar-refractivity contribution in [2.24, 2.45) is 0 Å². The second-order valence-corrected chi connectivity index (χ2v) is 5.70. The maximum atomic E-state index is 12.7. The van der Waals surface area contributed by atoms with Crippen LogP contribution in [0, 0.1) is 0 Å². The molecule has 0 N–H and O–H groups in total. The minimum Gasteiger partial charge on any atom is -0.330 e. The van der Waals surface area contributed by atoms with Crippen LogP contribution in [0.5, 0.6) is 0 Å². The highest BCUT2D eigenvalue weighted by molar-refractivity contribution is 6.34. The molecular formula is C15H13Cl2N3O. The van der Waals surface area contributed by atoms with Gasteiger partial charge in [0, 0.05) is 18.9 Å². The van der Waals surface area contributed by atoms with Gasteiger partial charge in [0.2, 0.25) is 0 Å². The third-order valence-electron chi connectivity index (χ3n) is 3.62. The number of aromatic nitrogens is 2. The van der Waals surface area contributed by atoms with Crippen LogP contribution >= 0.6 is 23.2 Å². The zero-order valence-electron chi connectivity index (χ0n) is 11.2. The Morgan fingerprint density at radius 1 is 1.19 bits per heavy atom. The van der Waals surface area contributed by atoms with Crippen molar-refractivity contribution in [2.45, 2.75) is 18.9 Å². The van der Waals surface area contributed by atoms with Crippen LogP contribution in [-0.2, 0) is 0 Å². The summed E-state index contributed by atoms with van der Waals surface area (Å²) in [5.74, 6) is -0.179. The fraction of sp³-hybridized carbons (Fsp3) is 0.267. The number of carbonyl (C=O) groups is 1. The summed E-state index contributed by atoms with van der Waals surface area (Å²) in [5, 5.41) is 0.590. The smallest absolute Gasteiger partial charge is 0.274 e. The zero-order chi connectivity index (χ0) is 14.8. The van der Waals surface area contributed by atoms with Crippen LogP contribution in [0.15, 0.2) is 36.7 Å². The molecule has 1 amide bonds. The van der Waals surface area contributed by atoms with Gasteiger partial charge in [0.1, 0.15) is 10.8 Å². The Labute approximate surface area is 132 Å². The van der Waals surface area contributed by atoms with E-state index in [0.29, 0.717) is 11.6 Å². The Morgan fingerprint density at radius 2 is 1.95 bits per heavy atom. The topological polar surface area (TPSA) is 46.1 Å². The first-order valence-corrected chi connectivity index (χ1v) is 7.45. The Bertz CT molecular complexity index is 663. The van der Waals surface area contributed by atoms with Crippen molar-refractivity contribution in [3.8, 4) is 0 Å². The van der Waals surface area contributed by atoms with Crippen LogP contribution in [0.4, 0.5) is 0 Å². The first-order chi connectivity index (χ1) is 10.2. The summed E-state index contributed by atoms with van der Waals surface area (Å²) in [5.41, 5.74) is 1.29. The summed E-state index contributed by atoms with van der Waals surface area (Å²) in [4.78, 5) is 22.6. The Kier molecular flexibility index (Phi) is 4.08. The molecule has 4 nitrogen and oxygen atoms in total. The lowest BCUT2D eigenvalue weighted by molar-refractivity contribution is 0.0730. The quantitative estimate of drug-likeness (QED) is 0.791. The number of amides is 1. The van der Waals surface area contributed by atoms with Crippen LogP contribution in [0.1, 0.15) is 34.9 Å². The van der Waals surface area contributed by atoms with Gasteiger partial charge in [-0.1, -0.05) is 23.2 Å². The Hall–Kier alpha value is -1.65. The average Bonchev–Trinajstić information content (AvgIpc) is 2.99. The van der Waals surface area contributed by atoms with E-state index in [0.717, 1.165) is 18.4 Å². The standard InChI is InChI=1S/C15H13Cl2N3O/c16-11-3-4-13(17)19-14(11)15(21)20-9-1-2-12(20)10-5-7-18-8-6-10/h3-8,12H,1-2,9H2/t12-/m1/s1. The highest BCUT2D eigenvalue weighted by Crippen LogP contribution is 2.33. The van der Waals surface area contributed by atoms with Crippen molar-refractivity contribution in [3.05, 3.63) is 58.1 Å². The molecule has 108 valence electrons. The lowest BCUT2D eigenvalue weighted by atomic mass is 10.1. The first kappa shape index (κ1) is 14.3. The second kappa shape index (κ2) is 6.00. The Morgan fingerprint density at radius 3 is 2.71 bits per heavy atom. The summed E-state index contributed by atoms with van der Waals surface area (Å²) >= 11 is 12.0. The molecule has 1 aliphatic heterocycles. The van der Waals surface area contributed by atoms with Gasteiger partial charge in [-0.25, -0.2) is 4.98 Å². The molecule has 1 fully saturated rings. The zero-order valence-corrected chi connectivity index (χ0v) is 12.7. The molecule has 0 aliphatic carbocycles. The number of carbonyl (C=O) groups excluding carboxylic acids is 1. The Balaban J connectivity index is 1.92. The maximum Gasteiger partial charge on any atom is 0.274 e. The molecule has 0 radical (unpaired) electrons. The SMILES string of the molecule is O=C(c1nc(Cl)ccc1Cl)N1CCC[C@@H]1c1ccncc1. The van der Waals surface area contributed by atoms with E-state index in [1.54, 1.807) is 29.4 Å². The van der Waals surface area contributed by atoms with E-state index in [2.05, 4.69) is 9.97 Å². The summed E-state index contributed by atoms with van der Waals surface area (Å²) in [6, 6.07) is 7.08. The number of halogens is 2. The first-order valence-electron chi connectivity index (χ1n) is 6.70. The molecule has 2 aromatic rings. The van der Waals surface area contributed by atoms with E-state index in [1.807, 2.05) is 12.1 Å². The van der Waals surface area contributed by atoms with Crippen LogP contribution < -0.4 is 0 Å². The third-order valence-corrected chi connectivity index (χ3v) is 4.13. The monoisotopic (exact) mass is 321 g/mol. The molecule has 6 heteroatoms. The molecule has 1 saturated heterocycles. The number of hydrogen-bond acceptors (Lipinski definition) is 3. The van der Waals surface area contributed by atoms with Crippen molar-refractivity contribution in [2.75, 3.05) is 6.54 Å². The van der Waals surface area contributed by atoms with E-state index in [1.165, 1.54) is 0 Å². The summed E-state index contributed by atoms with van der Waals surface area (Å²) in [6.45, 7) is 0.691.